The van der Waals surface area contributed by atoms with Crippen molar-refractivity contribution in [2.45, 2.75) is 25.0 Å². The Bertz CT molecular complexity index is 425. The van der Waals surface area contributed by atoms with E-state index in [0.717, 1.165) is 0 Å². The topological polar surface area (TPSA) is 208 Å². The van der Waals surface area contributed by atoms with Crippen LogP contribution in [0.5, 0.6) is 0 Å². The van der Waals surface area contributed by atoms with Crippen LogP contribution in [0.2, 0.25) is 0 Å². The minimum atomic E-state index is -4.79. The minimum Gasteiger partial charge on any atom is -0.367 e. The Morgan fingerprint density at radius 2 is 1.48 bits per heavy atom. The van der Waals surface area contributed by atoms with Crippen LogP contribution in [0.15, 0.2) is 0 Å². The lowest BCUT2D eigenvalue weighted by atomic mass is 10.0. The molecule has 0 radical (unpaired) electrons. The molecule has 11 nitrogen and oxygen atoms in total. The first-order chi connectivity index (χ1) is 9.32. The summed E-state index contributed by atoms with van der Waals surface area (Å²) in [6.45, 7) is 0.242. The second-order valence-electron chi connectivity index (χ2n) is 4.58. The molecule has 0 spiro atoms. The second-order valence-corrected chi connectivity index (χ2v) is 7.80. The lowest BCUT2D eigenvalue weighted by molar-refractivity contribution is -0.159. The van der Waals surface area contributed by atoms with Gasteiger partial charge in [-0.3, -0.25) is 13.9 Å². The zero-order chi connectivity index (χ0) is 16.9. The van der Waals surface area contributed by atoms with Crippen molar-refractivity contribution >= 4 is 21.1 Å². The van der Waals surface area contributed by atoms with Gasteiger partial charge in [-0.1, -0.05) is 0 Å². The minimum absolute atomic E-state index is 0.175. The first-order valence-corrected chi connectivity index (χ1v) is 9.48. The van der Waals surface area contributed by atoms with E-state index >= 15 is 0 Å². The van der Waals surface area contributed by atoms with Gasteiger partial charge in [-0.15, -0.1) is 0 Å². The predicted octanol–water partition coefficient (Wildman–Crippen LogP) is -2.14. The SMILES string of the molecule is NCCCCC(O)(C(N)=O)N(CP(=O)(O)O)CP(=O)(O)O. The summed E-state index contributed by atoms with van der Waals surface area (Å²) in [7, 11) is -9.59. The van der Waals surface area contributed by atoms with Crippen molar-refractivity contribution in [2.24, 2.45) is 11.5 Å². The van der Waals surface area contributed by atoms with Gasteiger partial charge in [0.15, 0.2) is 5.72 Å². The van der Waals surface area contributed by atoms with Crippen LogP contribution < -0.4 is 11.5 Å². The molecular weight excluding hydrogens is 328 g/mol. The van der Waals surface area contributed by atoms with E-state index in [4.69, 9.17) is 31.0 Å². The van der Waals surface area contributed by atoms with Crippen LogP contribution in [0.1, 0.15) is 19.3 Å². The Kier molecular flexibility index (Phi) is 7.64. The van der Waals surface area contributed by atoms with Gasteiger partial charge >= 0.3 is 15.2 Å². The van der Waals surface area contributed by atoms with E-state index in [1.54, 1.807) is 0 Å². The van der Waals surface area contributed by atoms with E-state index in [2.05, 4.69) is 0 Å². The normalized spacial score (nSPS) is 16.0. The molecule has 0 aromatic carbocycles. The van der Waals surface area contributed by atoms with E-state index in [-0.39, 0.29) is 19.4 Å². The Morgan fingerprint density at radius 3 is 1.76 bits per heavy atom. The molecule has 0 fully saturated rings. The van der Waals surface area contributed by atoms with Gasteiger partial charge < -0.3 is 36.1 Å². The number of nitrogens with two attached hydrogens (primary N) is 2. The molecule has 9 N–H and O–H groups in total. The Balaban J connectivity index is 5.41. The van der Waals surface area contributed by atoms with Crippen molar-refractivity contribution in [1.29, 1.82) is 0 Å². The standard InChI is InChI=1S/C8H21N3O8P2/c9-4-2-1-3-8(13,7(10)12)11(5-20(14,15)16)6-21(17,18)19/h13H,1-6,9H2,(H2,10,12)(H2,14,15,16)(H2,17,18,19). The monoisotopic (exact) mass is 349 g/mol. The van der Waals surface area contributed by atoms with Crippen molar-refractivity contribution in [3.8, 4) is 0 Å². The molecule has 0 bridgehead atoms. The molecule has 1 unspecified atom stereocenters. The maximum atomic E-state index is 11.4. The van der Waals surface area contributed by atoms with Gasteiger partial charge in [0.25, 0.3) is 5.91 Å². The highest BCUT2D eigenvalue weighted by molar-refractivity contribution is 7.52. The van der Waals surface area contributed by atoms with Crippen LogP contribution in [0.25, 0.3) is 0 Å². The number of nitrogens with zero attached hydrogens (tertiary/aromatic N) is 1. The number of aliphatic hydroxyl groups is 1. The van der Waals surface area contributed by atoms with Crippen molar-refractivity contribution in [3.05, 3.63) is 0 Å². The summed E-state index contributed by atoms with van der Waals surface area (Å²) in [5.74, 6) is -1.36. The summed E-state index contributed by atoms with van der Waals surface area (Å²) in [4.78, 5) is 47.5. The molecule has 0 aliphatic rings. The van der Waals surface area contributed by atoms with E-state index in [9.17, 15) is 19.0 Å². The summed E-state index contributed by atoms with van der Waals surface area (Å²) in [5.41, 5.74) is 7.69. The van der Waals surface area contributed by atoms with Crippen LogP contribution >= 0.6 is 15.2 Å². The molecule has 126 valence electrons. The number of hydrogen-bond acceptors (Lipinski definition) is 6. The maximum absolute atomic E-state index is 11.4. The molecule has 1 atom stereocenters. The summed E-state index contributed by atoms with van der Waals surface area (Å²) >= 11 is 0. The first-order valence-electron chi connectivity index (χ1n) is 5.88. The summed E-state index contributed by atoms with van der Waals surface area (Å²) in [6.07, 6.45) is -2.25. The van der Waals surface area contributed by atoms with Gasteiger partial charge in [-0.05, 0) is 25.8 Å². The van der Waals surface area contributed by atoms with Crippen LogP contribution in [0.3, 0.4) is 0 Å². The van der Waals surface area contributed by atoms with Crippen LogP contribution in [0, 0.1) is 0 Å². The highest BCUT2D eigenvalue weighted by Crippen LogP contribution is 2.43. The molecule has 0 aromatic rings. The summed E-state index contributed by atoms with van der Waals surface area (Å²) in [5, 5.41) is 10.2. The second kappa shape index (κ2) is 7.77. The number of carbonyl (C=O) groups excluding carboxylic acids is 1. The number of unbranched alkanes of at least 4 members (excludes halogenated alkanes) is 1. The van der Waals surface area contributed by atoms with Gasteiger partial charge in [-0.2, -0.15) is 0 Å². The molecule has 21 heavy (non-hydrogen) atoms. The quantitative estimate of drug-likeness (QED) is 0.129. The van der Waals surface area contributed by atoms with E-state index in [1.165, 1.54) is 0 Å². The highest BCUT2D eigenvalue weighted by atomic mass is 31.2. The molecular formula is C8H21N3O8P2. The van der Waals surface area contributed by atoms with Gasteiger partial charge in [0, 0.05) is 0 Å². The number of primary amides is 1. The summed E-state index contributed by atoms with van der Waals surface area (Å²) < 4.78 is 22.1. The molecule has 0 saturated heterocycles. The van der Waals surface area contributed by atoms with Gasteiger partial charge in [0.2, 0.25) is 0 Å². The molecule has 0 heterocycles. The Morgan fingerprint density at radius 1 is 1.05 bits per heavy atom. The maximum Gasteiger partial charge on any atom is 0.339 e. The molecule has 0 aliphatic carbocycles. The van der Waals surface area contributed by atoms with E-state index in [1.807, 2.05) is 0 Å². The predicted molar refractivity (Wildman–Crippen MR) is 72.7 cm³/mol. The first kappa shape index (κ1) is 20.6. The third kappa shape index (κ3) is 8.01. The van der Waals surface area contributed by atoms with Crippen molar-refractivity contribution in [1.82, 2.24) is 4.90 Å². The number of carbonyl (C=O) groups is 1. The van der Waals surface area contributed by atoms with Crippen LogP contribution in [-0.4, -0.2) is 60.3 Å². The van der Waals surface area contributed by atoms with Crippen molar-refractivity contribution in [3.63, 3.8) is 0 Å². The molecule has 0 aromatic heterocycles. The van der Waals surface area contributed by atoms with E-state index < -0.39 is 39.4 Å². The number of amides is 1. The fourth-order valence-electron chi connectivity index (χ4n) is 1.68. The van der Waals surface area contributed by atoms with Gasteiger partial charge in [-0.25, -0.2) is 4.90 Å². The highest BCUT2D eigenvalue weighted by Gasteiger charge is 2.45. The zero-order valence-corrected chi connectivity index (χ0v) is 13.0. The van der Waals surface area contributed by atoms with Crippen molar-refractivity contribution < 1.29 is 38.6 Å². The Hall–Kier alpha value is -0.350. The average molecular weight is 349 g/mol. The lowest BCUT2D eigenvalue weighted by Gasteiger charge is -2.37. The van der Waals surface area contributed by atoms with Crippen molar-refractivity contribution in [2.75, 3.05) is 19.1 Å². The molecule has 0 rings (SSSR count). The number of rotatable bonds is 10. The lowest BCUT2D eigenvalue weighted by Crippen LogP contribution is -2.58. The third-order valence-corrected chi connectivity index (χ3v) is 4.03. The number of hydrogen-bond donors (Lipinski definition) is 7. The van der Waals surface area contributed by atoms with Crippen LogP contribution in [0.4, 0.5) is 0 Å². The Labute approximate surface area is 121 Å². The zero-order valence-electron chi connectivity index (χ0n) is 11.2. The fraction of sp³-hybridized carbons (Fsp3) is 0.875. The van der Waals surface area contributed by atoms with E-state index in [0.29, 0.717) is 11.3 Å². The molecule has 13 heteroatoms. The fourth-order valence-corrected chi connectivity index (χ4v) is 3.39. The van der Waals surface area contributed by atoms with Gasteiger partial charge in [0.05, 0.1) is 0 Å². The average Bonchev–Trinajstić information content (AvgIpc) is 2.24. The van der Waals surface area contributed by atoms with Gasteiger partial charge in [0.1, 0.15) is 12.6 Å². The largest absolute Gasteiger partial charge is 0.367 e. The molecule has 0 aliphatic heterocycles. The summed E-state index contributed by atoms with van der Waals surface area (Å²) in [6, 6.07) is 0. The van der Waals surface area contributed by atoms with Crippen LogP contribution in [-0.2, 0) is 13.9 Å². The smallest absolute Gasteiger partial charge is 0.339 e. The third-order valence-electron chi connectivity index (χ3n) is 2.61. The molecule has 1 amide bonds. The molecule has 0 saturated carbocycles.